The minimum atomic E-state index is 0.697. The summed E-state index contributed by atoms with van der Waals surface area (Å²) < 4.78 is 0. The van der Waals surface area contributed by atoms with Gasteiger partial charge in [0.1, 0.15) is 0 Å². The Morgan fingerprint density at radius 1 is 1.22 bits per heavy atom. The third-order valence-electron chi connectivity index (χ3n) is 4.10. The van der Waals surface area contributed by atoms with Gasteiger partial charge in [0.15, 0.2) is 0 Å². The summed E-state index contributed by atoms with van der Waals surface area (Å²) in [5.41, 5.74) is 0.697. The molecule has 0 N–H and O–H groups in total. The van der Waals surface area contributed by atoms with Crippen LogP contribution < -0.4 is 0 Å². The molecular weight excluding hydrogens is 108 g/mol. The Morgan fingerprint density at radius 3 is 2.00 bits per heavy atom. The van der Waals surface area contributed by atoms with Gasteiger partial charge in [0.25, 0.3) is 0 Å². The summed E-state index contributed by atoms with van der Waals surface area (Å²) in [5, 5.41) is 0. The van der Waals surface area contributed by atoms with E-state index in [0.717, 1.165) is 17.8 Å². The Kier molecular flexibility index (Phi) is 0.868. The summed E-state index contributed by atoms with van der Waals surface area (Å²) in [6, 6.07) is 0. The first-order valence-electron chi connectivity index (χ1n) is 4.14. The zero-order valence-corrected chi connectivity index (χ0v) is 6.65. The molecule has 0 aliphatic heterocycles. The second kappa shape index (κ2) is 1.36. The first-order chi connectivity index (χ1) is 4.14. The highest BCUT2D eigenvalue weighted by atomic mass is 14.6. The van der Waals surface area contributed by atoms with Crippen LogP contribution in [0.25, 0.3) is 0 Å². The van der Waals surface area contributed by atoms with Crippen molar-refractivity contribution in [2.45, 2.75) is 33.6 Å². The van der Waals surface area contributed by atoms with Crippen molar-refractivity contribution >= 4 is 0 Å². The maximum atomic E-state index is 2.43. The zero-order chi connectivity index (χ0) is 6.65. The summed E-state index contributed by atoms with van der Waals surface area (Å²) in [5.74, 6) is 3.24. The molecule has 0 bridgehead atoms. The predicted molar refractivity (Wildman–Crippen MR) is 39.2 cm³/mol. The van der Waals surface area contributed by atoms with E-state index in [1.54, 1.807) is 0 Å². The van der Waals surface area contributed by atoms with Gasteiger partial charge in [0.05, 0.1) is 0 Å². The van der Waals surface area contributed by atoms with Gasteiger partial charge in [0, 0.05) is 0 Å². The van der Waals surface area contributed by atoms with E-state index in [4.69, 9.17) is 0 Å². The molecule has 0 spiro atoms. The van der Waals surface area contributed by atoms with Crippen LogP contribution in [0.1, 0.15) is 33.6 Å². The van der Waals surface area contributed by atoms with Crippen LogP contribution in [0.2, 0.25) is 0 Å². The molecule has 2 fully saturated rings. The topological polar surface area (TPSA) is 0 Å². The maximum absolute atomic E-state index is 2.43. The fourth-order valence-corrected chi connectivity index (χ4v) is 2.82. The third-order valence-corrected chi connectivity index (χ3v) is 4.10. The van der Waals surface area contributed by atoms with Crippen molar-refractivity contribution in [2.75, 3.05) is 0 Å². The second-order valence-corrected chi connectivity index (χ2v) is 4.46. The van der Waals surface area contributed by atoms with Gasteiger partial charge in [-0.15, -0.1) is 0 Å². The molecule has 2 aliphatic rings. The highest BCUT2D eigenvalue weighted by molar-refractivity contribution is 5.06. The number of fused-ring (bicyclic) bond motifs is 1. The molecular formula is C9H16. The van der Waals surface area contributed by atoms with Gasteiger partial charge in [-0.3, -0.25) is 0 Å². The SMILES string of the molecule is CC1C2CCC2C1(C)C. The summed E-state index contributed by atoms with van der Waals surface area (Å²) in [4.78, 5) is 0. The molecule has 0 aromatic heterocycles. The Hall–Kier alpha value is 0. The zero-order valence-electron chi connectivity index (χ0n) is 6.65. The molecule has 9 heavy (non-hydrogen) atoms. The van der Waals surface area contributed by atoms with Gasteiger partial charge >= 0.3 is 0 Å². The van der Waals surface area contributed by atoms with Crippen molar-refractivity contribution in [3.63, 3.8) is 0 Å². The second-order valence-electron chi connectivity index (χ2n) is 4.46. The molecule has 0 nitrogen and oxygen atoms in total. The molecule has 2 rings (SSSR count). The highest BCUT2D eigenvalue weighted by Gasteiger charge is 2.57. The van der Waals surface area contributed by atoms with E-state index in [-0.39, 0.29) is 0 Å². The van der Waals surface area contributed by atoms with Crippen molar-refractivity contribution in [3.8, 4) is 0 Å². The lowest BCUT2D eigenvalue weighted by Crippen LogP contribution is -2.57. The van der Waals surface area contributed by atoms with Crippen molar-refractivity contribution in [1.82, 2.24) is 0 Å². The van der Waals surface area contributed by atoms with Crippen LogP contribution >= 0.6 is 0 Å². The standard InChI is InChI=1S/C9H16/c1-6-7-4-5-8(7)9(6,2)3/h6-8H,4-5H2,1-3H3. The predicted octanol–water partition coefficient (Wildman–Crippen LogP) is 2.69. The first kappa shape index (κ1) is 5.76. The van der Waals surface area contributed by atoms with Crippen LogP contribution in [0.3, 0.4) is 0 Å². The minimum absolute atomic E-state index is 0.697. The summed E-state index contributed by atoms with van der Waals surface area (Å²) in [6.45, 7) is 7.27. The van der Waals surface area contributed by atoms with E-state index in [2.05, 4.69) is 20.8 Å². The lowest BCUT2D eigenvalue weighted by molar-refractivity contribution is -0.155. The van der Waals surface area contributed by atoms with E-state index < -0.39 is 0 Å². The quantitative estimate of drug-likeness (QED) is 0.465. The lowest BCUT2D eigenvalue weighted by atomic mass is 9.41. The Morgan fingerprint density at radius 2 is 1.89 bits per heavy atom. The summed E-state index contributed by atoms with van der Waals surface area (Å²) >= 11 is 0. The monoisotopic (exact) mass is 124 g/mol. The average Bonchev–Trinajstić information content (AvgIpc) is 1.61. The summed E-state index contributed by atoms with van der Waals surface area (Å²) in [7, 11) is 0. The molecule has 0 radical (unpaired) electrons. The van der Waals surface area contributed by atoms with Crippen LogP contribution in [0.15, 0.2) is 0 Å². The number of hydrogen-bond donors (Lipinski definition) is 0. The van der Waals surface area contributed by atoms with Gasteiger partial charge in [-0.05, 0) is 36.0 Å². The van der Waals surface area contributed by atoms with Gasteiger partial charge in [-0.2, -0.15) is 0 Å². The molecule has 0 aromatic rings. The van der Waals surface area contributed by atoms with Crippen molar-refractivity contribution < 1.29 is 0 Å². The molecule has 3 unspecified atom stereocenters. The van der Waals surface area contributed by atoms with E-state index in [1.165, 1.54) is 12.8 Å². The molecule has 0 heteroatoms. The van der Waals surface area contributed by atoms with Crippen LogP contribution in [-0.4, -0.2) is 0 Å². The van der Waals surface area contributed by atoms with Gasteiger partial charge in [-0.1, -0.05) is 20.8 Å². The minimum Gasteiger partial charge on any atom is -0.0617 e. The Labute approximate surface area is 57.6 Å². The van der Waals surface area contributed by atoms with E-state index >= 15 is 0 Å². The van der Waals surface area contributed by atoms with Crippen LogP contribution in [0, 0.1) is 23.2 Å². The normalized spacial score (nSPS) is 53.0. The molecule has 0 aromatic carbocycles. The fourth-order valence-electron chi connectivity index (χ4n) is 2.82. The van der Waals surface area contributed by atoms with E-state index in [0.29, 0.717) is 5.41 Å². The first-order valence-corrected chi connectivity index (χ1v) is 4.14. The van der Waals surface area contributed by atoms with E-state index in [1.807, 2.05) is 0 Å². The van der Waals surface area contributed by atoms with Crippen LogP contribution in [0.4, 0.5) is 0 Å². The average molecular weight is 124 g/mol. The maximum Gasteiger partial charge on any atom is -0.0295 e. The Balaban J connectivity index is 2.13. The fraction of sp³-hybridized carbons (Fsp3) is 1.00. The van der Waals surface area contributed by atoms with Crippen molar-refractivity contribution in [3.05, 3.63) is 0 Å². The Bertz CT molecular complexity index is 127. The summed E-state index contributed by atoms with van der Waals surface area (Å²) in [6.07, 6.45) is 3.04. The molecule has 0 amide bonds. The molecule has 2 saturated carbocycles. The molecule has 0 saturated heterocycles. The van der Waals surface area contributed by atoms with Crippen LogP contribution in [0.5, 0.6) is 0 Å². The molecule has 2 aliphatic carbocycles. The lowest BCUT2D eigenvalue weighted by Gasteiger charge is -2.64. The van der Waals surface area contributed by atoms with Crippen molar-refractivity contribution in [1.29, 1.82) is 0 Å². The number of hydrogen-bond acceptors (Lipinski definition) is 0. The van der Waals surface area contributed by atoms with Gasteiger partial charge in [-0.25, -0.2) is 0 Å². The van der Waals surface area contributed by atoms with Crippen LogP contribution in [-0.2, 0) is 0 Å². The largest absolute Gasteiger partial charge is 0.0617 e. The molecule has 52 valence electrons. The highest BCUT2D eigenvalue weighted by Crippen LogP contribution is 2.65. The molecule has 3 atom stereocenters. The number of rotatable bonds is 0. The van der Waals surface area contributed by atoms with Gasteiger partial charge < -0.3 is 0 Å². The van der Waals surface area contributed by atoms with Gasteiger partial charge in [0.2, 0.25) is 0 Å². The molecule has 0 heterocycles. The van der Waals surface area contributed by atoms with E-state index in [9.17, 15) is 0 Å². The smallest absolute Gasteiger partial charge is 0.0295 e. The van der Waals surface area contributed by atoms with Crippen molar-refractivity contribution in [2.24, 2.45) is 23.2 Å². The third kappa shape index (κ3) is 0.461.